The Bertz CT molecular complexity index is 429. The molecule has 3 nitrogen and oxygen atoms in total. The van der Waals surface area contributed by atoms with Crippen molar-refractivity contribution in [1.82, 2.24) is 0 Å². The fraction of sp³-hybridized carbons (Fsp3) is 0.588. The zero-order valence-electron chi connectivity index (χ0n) is 12.5. The Hall–Kier alpha value is -1.35. The second-order valence-electron chi connectivity index (χ2n) is 5.73. The summed E-state index contributed by atoms with van der Waals surface area (Å²) < 4.78 is 11.5. The summed E-state index contributed by atoms with van der Waals surface area (Å²) in [6.45, 7) is 5.63. The van der Waals surface area contributed by atoms with Crippen LogP contribution in [0.25, 0.3) is 0 Å². The highest BCUT2D eigenvalue weighted by molar-refractivity contribution is 5.66. The van der Waals surface area contributed by atoms with Gasteiger partial charge in [-0.1, -0.05) is 37.3 Å². The van der Waals surface area contributed by atoms with E-state index in [9.17, 15) is 4.79 Å². The van der Waals surface area contributed by atoms with Crippen LogP contribution in [-0.2, 0) is 20.7 Å². The van der Waals surface area contributed by atoms with Crippen LogP contribution >= 0.6 is 0 Å². The van der Waals surface area contributed by atoms with Gasteiger partial charge in [0.2, 0.25) is 0 Å². The van der Waals surface area contributed by atoms with E-state index in [-0.39, 0.29) is 30.2 Å². The summed E-state index contributed by atoms with van der Waals surface area (Å²) in [4.78, 5) is 11.2. The number of aryl methyl sites for hydroxylation is 1. The maximum Gasteiger partial charge on any atom is 0.302 e. The molecular formula is C17H24O3. The van der Waals surface area contributed by atoms with Crippen molar-refractivity contribution < 1.29 is 14.3 Å². The fourth-order valence-electron chi connectivity index (χ4n) is 2.79. The third-order valence-corrected chi connectivity index (χ3v) is 4.14. The molecular weight excluding hydrogens is 252 g/mol. The number of hydrogen-bond donors (Lipinski definition) is 0. The molecule has 4 atom stereocenters. The van der Waals surface area contributed by atoms with E-state index in [1.165, 1.54) is 12.5 Å². The average molecular weight is 276 g/mol. The largest absolute Gasteiger partial charge is 0.462 e. The number of ether oxygens (including phenoxy) is 2. The lowest BCUT2D eigenvalue weighted by atomic mass is 9.89. The van der Waals surface area contributed by atoms with Gasteiger partial charge >= 0.3 is 5.97 Å². The minimum Gasteiger partial charge on any atom is -0.462 e. The normalized spacial score (nSPS) is 29.9. The van der Waals surface area contributed by atoms with Gasteiger partial charge in [0.15, 0.2) is 0 Å². The third kappa shape index (κ3) is 4.07. The number of carbonyl (C=O) groups excluding carboxylic acids is 1. The van der Waals surface area contributed by atoms with Crippen LogP contribution < -0.4 is 0 Å². The van der Waals surface area contributed by atoms with E-state index in [1.54, 1.807) is 0 Å². The van der Waals surface area contributed by atoms with Crippen molar-refractivity contribution in [3.63, 3.8) is 0 Å². The molecule has 0 saturated carbocycles. The molecule has 0 bridgehead atoms. The van der Waals surface area contributed by atoms with E-state index in [2.05, 4.69) is 38.1 Å². The van der Waals surface area contributed by atoms with Crippen LogP contribution in [0.15, 0.2) is 30.3 Å². The first-order chi connectivity index (χ1) is 9.56. The van der Waals surface area contributed by atoms with Gasteiger partial charge in [0.05, 0.1) is 12.2 Å². The summed E-state index contributed by atoms with van der Waals surface area (Å²) in [5.74, 6) is 0.0598. The molecule has 0 aliphatic carbocycles. The summed E-state index contributed by atoms with van der Waals surface area (Å²) in [5.41, 5.74) is 1.33. The predicted octanol–water partition coefficient (Wildman–Crippen LogP) is 3.36. The minimum absolute atomic E-state index is 0.0166. The molecule has 0 radical (unpaired) electrons. The van der Waals surface area contributed by atoms with Crippen molar-refractivity contribution in [3.8, 4) is 0 Å². The van der Waals surface area contributed by atoms with Crippen molar-refractivity contribution in [1.29, 1.82) is 0 Å². The quantitative estimate of drug-likeness (QED) is 0.791. The van der Waals surface area contributed by atoms with Gasteiger partial charge in [0.1, 0.15) is 6.10 Å². The van der Waals surface area contributed by atoms with Gasteiger partial charge in [-0.25, -0.2) is 0 Å². The molecule has 0 aromatic heterocycles. The fourth-order valence-corrected chi connectivity index (χ4v) is 2.79. The van der Waals surface area contributed by atoms with E-state index in [0.29, 0.717) is 0 Å². The van der Waals surface area contributed by atoms with Crippen LogP contribution in [0.2, 0.25) is 0 Å². The standard InChI is InChI=1S/C17H24O3/c1-12-13(2)19-16(11-17(12)20-14(3)18)10-9-15-7-5-4-6-8-15/h4-8,12-13,16-17H,9-11H2,1-3H3/t12-,13-,16+,17-/m1/s1. The van der Waals surface area contributed by atoms with E-state index in [4.69, 9.17) is 9.47 Å². The van der Waals surface area contributed by atoms with E-state index in [1.807, 2.05) is 6.07 Å². The summed E-state index contributed by atoms with van der Waals surface area (Å²) in [6.07, 6.45) is 3.06. The van der Waals surface area contributed by atoms with Crippen molar-refractivity contribution in [2.24, 2.45) is 5.92 Å². The molecule has 1 aliphatic heterocycles. The van der Waals surface area contributed by atoms with E-state index < -0.39 is 0 Å². The van der Waals surface area contributed by atoms with Crippen molar-refractivity contribution in [3.05, 3.63) is 35.9 Å². The first-order valence-electron chi connectivity index (χ1n) is 7.43. The minimum atomic E-state index is -0.197. The number of carbonyl (C=O) groups is 1. The van der Waals surface area contributed by atoms with Crippen LogP contribution in [0.3, 0.4) is 0 Å². The van der Waals surface area contributed by atoms with Gasteiger partial charge in [-0.2, -0.15) is 0 Å². The Morgan fingerprint density at radius 3 is 2.65 bits per heavy atom. The Morgan fingerprint density at radius 2 is 2.00 bits per heavy atom. The smallest absolute Gasteiger partial charge is 0.302 e. The molecule has 0 amide bonds. The summed E-state index contributed by atoms with van der Waals surface area (Å²) >= 11 is 0. The number of esters is 1. The van der Waals surface area contributed by atoms with Crippen molar-refractivity contribution >= 4 is 5.97 Å². The first kappa shape index (κ1) is 15.0. The van der Waals surface area contributed by atoms with Gasteiger partial charge < -0.3 is 9.47 Å². The molecule has 1 aromatic rings. The molecule has 1 aromatic carbocycles. The Morgan fingerprint density at radius 1 is 1.30 bits per heavy atom. The van der Waals surface area contributed by atoms with Crippen LogP contribution in [0.1, 0.15) is 39.2 Å². The lowest BCUT2D eigenvalue weighted by Crippen LogP contribution is -2.43. The number of rotatable bonds is 4. The molecule has 1 aliphatic rings. The van der Waals surface area contributed by atoms with Gasteiger partial charge in [-0.3, -0.25) is 4.79 Å². The molecule has 3 heteroatoms. The molecule has 110 valence electrons. The van der Waals surface area contributed by atoms with Gasteiger partial charge in [-0.15, -0.1) is 0 Å². The molecule has 1 heterocycles. The van der Waals surface area contributed by atoms with Crippen LogP contribution in [0.5, 0.6) is 0 Å². The summed E-state index contributed by atoms with van der Waals surface area (Å²) in [7, 11) is 0. The monoisotopic (exact) mass is 276 g/mol. The van der Waals surface area contributed by atoms with Crippen LogP contribution in [0.4, 0.5) is 0 Å². The van der Waals surface area contributed by atoms with Crippen LogP contribution in [0, 0.1) is 5.92 Å². The van der Waals surface area contributed by atoms with Gasteiger partial charge in [0, 0.05) is 19.3 Å². The second-order valence-corrected chi connectivity index (χ2v) is 5.73. The number of hydrogen-bond acceptors (Lipinski definition) is 3. The van der Waals surface area contributed by atoms with Crippen molar-refractivity contribution in [2.45, 2.75) is 58.3 Å². The Labute approximate surface area is 121 Å². The van der Waals surface area contributed by atoms with E-state index in [0.717, 1.165) is 19.3 Å². The highest BCUT2D eigenvalue weighted by Crippen LogP contribution is 2.29. The maximum absolute atomic E-state index is 11.2. The average Bonchev–Trinajstić information content (AvgIpc) is 2.42. The van der Waals surface area contributed by atoms with Crippen LogP contribution in [-0.4, -0.2) is 24.3 Å². The first-order valence-corrected chi connectivity index (χ1v) is 7.43. The second kappa shape index (κ2) is 6.89. The topological polar surface area (TPSA) is 35.5 Å². The van der Waals surface area contributed by atoms with Gasteiger partial charge in [-0.05, 0) is 25.3 Å². The Balaban J connectivity index is 1.90. The Kier molecular flexibility index (Phi) is 5.18. The molecule has 20 heavy (non-hydrogen) atoms. The molecule has 1 fully saturated rings. The predicted molar refractivity (Wildman–Crippen MR) is 78.4 cm³/mol. The number of benzene rings is 1. The molecule has 0 unspecified atom stereocenters. The highest BCUT2D eigenvalue weighted by atomic mass is 16.6. The summed E-state index contributed by atoms with van der Waals surface area (Å²) in [5, 5.41) is 0. The highest BCUT2D eigenvalue weighted by Gasteiger charge is 2.35. The molecule has 2 rings (SSSR count). The molecule has 0 N–H and O–H groups in total. The molecule has 0 spiro atoms. The zero-order chi connectivity index (χ0) is 14.5. The van der Waals surface area contributed by atoms with E-state index >= 15 is 0 Å². The molecule has 1 saturated heterocycles. The van der Waals surface area contributed by atoms with Crippen molar-refractivity contribution in [2.75, 3.05) is 0 Å². The lowest BCUT2D eigenvalue weighted by Gasteiger charge is -2.38. The SMILES string of the molecule is CC(=O)O[C@@H]1C[C@H](CCc2ccccc2)O[C@H](C)[C@H]1C. The van der Waals surface area contributed by atoms with Gasteiger partial charge in [0.25, 0.3) is 0 Å². The lowest BCUT2D eigenvalue weighted by molar-refractivity contribution is -0.169. The third-order valence-electron chi connectivity index (χ3n) is 4.14. The summed E-state index contributed by atoms with van der Waals surface area (Å²) in [6, 6.07) is 10.4. The zero-order valence-corrected chi connectivity index (χ0v) is 12.5. The maximum atomic E-state index is 11.2.